The van der Waals surface area contributed by atoms with Crippen molar-refractivity contribution in [1.82, 2.24) is 9.55 Å². The van der Waals surface area contributed by atoms with Gasteiger partial charge in [-0.05, 0) is 44.9 Å². The first-order chi connectivity index (χ1) is 13.7. The summed E-state index contributed by atoms with van der Waals surface area (Å²) in [6.07, 6.45) is -2.40. The van der Waals surface area contributed by atoms with Crippen molar-refractivity contribution in [1.29, 1.82) is 0 Å². The van der Waals surface area contributed by atoms with Gasteiger partial charge in [-0.3, -0.25) is 4.79 Å². The predicted octanol–water partition coefficient (Wildman–Crippen LogP) is 5.81. The molecule has 1 aliphatic rings. The second kappa shape index (κ2) is 7.33. The van der Waals surface area contributed by atoms with Gasteiger partial charge in [0.25, 0.3) is 0 Å². The van der Waals surface area contributed by atoms with E-state index in [0.29, 0.717) is 22.6 Å². The molecule has 8 heteroatoms. The highest BCUT2D eigenvalue weighted by Crippen LogP contribution is 2.34. The van der Waals surface area contributed by atoms with Gasteiger partial charge in [0, 0.05) is 39.5 Å². The SMILES string of the molecule is Cc1cc(-c2csc(-c3cccc(NC(=O)C4CC4)c3)n2)c(C)n1CC(F)(F)F. The molecule has 4 nitrogen and oxygen atoms in total. The zero-order valence-corrected chi connectivity index (χ0v) is 16.8. The van der Waals surface area contributed by atoms with Crippen LogP contribution in [0.3, 0.4) is 0 Å². The molecule has 0 radical (unpaired) electrons. The monoisotopic (exact) mass is 419 g/mol. The minimum atomic E-state index is -4.27. The summed E-state index contributed by atoms with van der Waals surface area (Å²) in [6, 6.07) is 9.21. The fourth-order valence-corrected chi connectivity index (χ4v) is 4.15. The van der Waals surface area contributed by atoms with Gasteiger partial charge in [0.1, 0.15) is 11.6 Å². The van der Waals surface area contributed by atoms with E-state index in [1.54, 1.807) is 19.9 Å². The molecule has 0 unspecified atom stereocenters. The third-order valence-electron chi connectivity index (χ3n) is 5.02. The number of carbonyl (C=O) groups excluding carboxylic acids is 1. The summed E-state index contributed by atoms with van der Waals surface area (Å²) in [5.74, 6) is 0.163. The van der Waals surface area contributed by atoms with Gasteiger partial charge in [0.15, 0.2) is 0 Å². The number of nitrogens with zero attached hydrogens (tertiary/aromatic N) is 2. The average Bonchev–Trinajstić information content (AvgIpc) is 3.34. The van der Waals surface area contributed by atoms with Crippen molar-refractivity contribution in [3.05, 3.63) is 47.1 Å². The van der Waals surface area contributed by atoms with Crippen molar-refractivity contribution >= 4 is 22.9 Å². The number of alkyl halides is 3. The Bertz CT molecular complexity index is 1060. The smallest absolute Gasteiger partial charge is 0.339 e. The predicted molar refractivity (Wildman–Crippen MR) is 108 cm³/mol. The van der Waals surface area contributed by atoms with Crippen molar-refractivity contribution in [3.8, 4) is 21.8 Å². The Morgan fingerprint density at radius 3 is 2.72 bits per heavy atom. The minimum Gasteiger partial charge on any atom is -0.339 e. The van der Waals surface area contributed by atoms with Gasteiger partial charge in [0.2, 0.25) is 5.91 Å². The van der Waals surface area contributed by atoms with Gasteiger partial charge in [-0.15, -0.1) is 11.3 Å². The van der Waals surface area contributed by atoms with Crippen LogP contribution in [0, 0.1) is 19.8 Å². The van der Waals surface area contributed by atoms with Crippen LogP contribution >= 0.6 is 11.3 Å². The average molecular weight is 419 g/mol. The summed E-state index contributed by atoms with van der Waals surface area (Å²) in [5.41, 5.74) is 4.03. The fraction of sp³-hybridized carbons (Fsp3) is 0.333. The molecular formula is C21H20F3N3OS. The number of thiazole rings is 1. The molecule has 152 valence electrons. The first-order valence-electron chi connectivity index (χ1n) is 9.32. The number of benzene rings is 1. The quantitative estimate of drug-likeness (QED) is 0.568. The van der Waals surface area contributed by atoms with Crippen LogP contribution in [0.25, 0.3) is 21.8 Å². The zero-order valence-electron chi connectivity index (χ0n) is 16.0. The number of carbonyl (C=O) groups is 1. The Morgan fingerprint density at radius 1 is 1.28 bits per heavy atom. The molecule has 0 spiro atoms. The fourth-order valence-electron chi connectivity index (χ4n) is 3.33. The number of nitrogens with one attached hydrogen (secondary N) is 1. The van der Waals surface area contributed by atoms with E-state index >= 15 is 0 Å². The van der Waals surface area contributed by atoms with Crippen LogP contribution in [0.2, 0.25) is 0 Å². The second-order valence-electron chi connectivity index (χ2n) is 7.37. The van der Waals surface area contributed by atoms with Crippen molar-refractivity contribution in [2.45, 2.75) is 39.4 Å². The van der Waals surface area contributed by atoms with Gasteiger partial charge in [-0.1, -0.05) is 12.1 Å². The first kappa shape index (κ1) is 19.7. The van der Waals surface area contributed by atoms with Gasteiger partial charge >= 0.3 is 6.18 Å². The Labute approximate surface area is 170 Å². The third-order valence-corrected chi connectivity index (χ3v) is 5.91. The van der Waals surface area contributed by atoms with Crippen LogP contribution in [0.15, 0.2) is 35.7 Å². The maximum Gasteiger partial charge on any atom is 0.406 e. The molecule has 1 amide bonds. The molecule has 1 fully saturated rings. The molecule has 3 aromatic rings. The summed E-state index contributed by atoms with van der Waals surface area (Å²) in [5, 5.41) is 5.53. The first-order valence-corrected chi connectivity index (χ1v) is 10.2. The lowest BCUT2D eigenvalue weighted by Gasteiger charge is -2.12. The molecule has 1 saturated carbocycles. The van der Waals surface area contributed by atoms with Crippen LogP contribution < -0.4 is 5.32 Å². The lowest BCUT2D eigenvalue weighted by Crippen LogP contribution is -2.19. The lowest BCUT2D eigenvalue weighted by molar-refractivity contribution is -0.141. The second-order valence-corrected chi connectivity index (χ2v) is 8.23. The van der Waals surface area contributed by atoms with E-state index in [9.17, 15) is 18.0 Å². The summed E-state index contributed by atoms with van der Waals surface area (Å²) in [4.78, 5) is 16.6. The van der Waals surface area contributed by atoms with E-state index in [-0.39, 0.29) is 11.8 Å². The third kappa shape index (κ3) is 4.37. The van der Waals surface area contributed by atoms with E-state index in [2.05, 4.69) is 10.3 Å². The molecule has 1 aliphatic carbocycles. The van der Waals surface area contributed by atoms with Crippen LogP contribution in [0.5, 0.6) is 0 Å². The molecule has 0 aliphatic heterocycles. The van der Waals surface area contributed by atoms with Gasteiger partial charge in [-0.25, -0.2) is 4.98 Å². The molecule has 2 heterocycles. The van der Waals surface area contributed by atoms with E-state index < -0.39 is 12.7 Å². The molecular weight excluding hydrogens is 399 g/mol. The zero-order chi connectivity index (χ0) is 20.8. The molecule has 2 aromatic heterocycles. The Hall–Kier alpha value is -2.61. The number of hydrogen-bond acceptors (Lipinski definition) is 3. The minimum absolute atomic E-state index is 0.0408. The van der Waals surface area contributed by atoms with Gasteiger partial charge in [0.05, 0.1) is 5.69 Å². The summed E-state index contributed by atoms with van der Waals surface area (Å²) in [7, 11) is 0. The number of anilines is 1. The summed E-state index contributed by atoms with van der Waals surface area (Å²) >= 11 is 1.43. The topological polar surface area (TPSA) is 46.9 Å². The van der Waals surface area contributed by atoms with Crippen molar-refractivity contribution in [2.75, 3.05) is 5.32 Å². The van der Waals surface area contributed by atoms with Crippen LogP contribution in [-0.2, 0) is 11.3 Å². The molecule has 0 saturated heterocycles. The number of halogens is 3. The van der Waals surface area contributed by atoms with Crippen LogP contribution in [0.4, 0.5) is 18.9 Å². The van der Waals surface area contributed by atoms with Crippen molar-refractivity contribution in [3.63, 3.8) is 0 Å². The molecule has 0 bridgehead atoms. The number of rotatable bonds is 5. The molecule has 1 N–H and O–H groups in total. The Kier molecular flexibility index (Phi) is 4.98. The summed E-state index contributed by atoms with van der Waals surface area (Å²) in [6.45, 7) is 2.34. The van der Waals surface area contributed by atoms with Crippen LogP contribution in [-0.4, -0.2) is 21.6 Å². The number of aryl methyl sites for hydroxylation is 1. The van der Waals surface area contributed by atoms with Crippen LogP contribution in [0.1, 0.15) is 24.2 Å². The Morgan fingerprint density at radius 2 is 2.03 bits per heavy atom. The van der Waals surface area contributed by atoms with E-state index in [1.807, 2.05) is 29.6 Å². The van der Waals surface area contributed by atoms with Gasteiger partial charge in [-0.2, -0.15) is 13.2 Å². The molecule has 4 rings (SSSR count). The maximum absolute atomic E-state index is 12.9. The van der Waals surface area contributed by atoms with Gasteiger partial charge < -0.3 is 9.88 Å². The highest BCUT2D eigenvalue weighted by molar-refractivity contribution is 7.13. The number of amides is 1. The maximum atomic E-state index is 12.9. The highest BCUT2D eigenvalue weighted by atomic mass is 32.1. The molecule has 29 heavy (non-hydrogen) atoms. The van der Waals surface area contributed by atoms with Crippen molar-refractivity contribution < 1.29 is 18.0 Å². The lowest BCUT2D eigenvalue weighted by atomic mass is 10.2. The number of hydrogen-bond donors (Lipinski definition) is 1. The standard InChI is InChI=1S/C21H20F3N3OS/c1-12-8-17(13(2)27(12)11-21(22,23)24)18-10-29-20(26-18)15-4-3-5-16(9-15)25-19(28)14-6-7-14/h3-5,8-10,14H,6-7,11H2,1-2H3,(H,25,28). The normalized spacial score (nSPS) is 14.2. The van der Waals surface area contributed by atoms with E-state index in [1.165, 1.54) is 15.9 Å². The highest BCUT2D eigenvalue weighted by Gasteiger charge is 2.30. The van der Waals surface area contributed by atoms with E-state index in [4.69, 9.17) is 0 Å². The number of aromatic nitrogens is 2. The Balaban J connectivity index is 1.59. The van der Waals surface area contributed by atoms with E-state index in [0.717, 1.165) is 29.1 Å². The van der Waals surface area contributed by atoms with Crippen molar-refractivity contribution in [2.24, 2.45) is 5.92 Å². The largest absolute Gasteiger partial charge is 0.406 e. The molecule has 1 aromatic carbocycles. The summed E-state index contributed by atoms with van der Waals surface area (Å²) < 4.78 is 39.8. The molecule has 0 atom stereocenters.